The number of aromatic nitrogens is 2. The minimum absolute atomic E-state index is 0.143. The number of para-hydroxylation sites is 1. The molecule has 2 heterocycles. The highest BCUT2D eigenvalue weighted by molar-refractivity contribution is 5.88. The van der Waals surface area contributed by atoms with Crippen LogP contribution < -0.4 is 10.3 Å². The van der Waals surface area contributed by atoms with Crippen molar-refractivity contribution in [2.24, 2.45) is 0 Å². The molecular formula is C19H14N2O5. The van der Waals surface area contributed by atoms with Crippen molar-refractivity contribution < 1.29 is 19.8 Å². The van der Waals surface area contributed by atoms with Gasteiger partial charge in [0.25, 0.3) is 0 Å². The van der Waals surface area contributed by atoms with E-state index in [1.807, 2.05) is 24.3 Å². The predicted octanol–water partition coefficient (Wildman–Crippen LogP) is 1.97. The molecule has 7 heteroatoms. The first-order valence-electron chi connectivity index (χ1n) is 7.87. The molecule has 1 aliphatic heterocycles. The number of benzene rings is 2. The minimum Gasteiger partial charge on any atom is -0.492 e. The number of carbonyl (C=O) groups is 1. The quantitative estimate of drug-likeness (QED) is 0.551. The lowest BCUT2D eigenvalue weighted by Gasteiger charge is -2.18. The molecular weight excluding hydrogens is 336 g/mol. The van der Waals surface area contributed by atoms with Crippen LogP contribution in [0.4, 0.5) is 0 Å². The lowest BCUT2D eigenvalue weighted by atomic mass is 10.0. The third kappa shape index (κ3) is 2.55. The van der Waals surface area contributed by atoms with Crippen molar-refractivity contribution in [1.29, 1.82) is 0 Å². The van der Waals surface area contributed by atoms with Gasteiger partial charge in [-0.05, 0) is 29.7 Å². The minimum atomic E-state index is -0.717. The molecule has 0 saturated carbocycles. The number of hydrogen-bond acceptors (Lipinski definition) is 5. The lowest BCUT2D eigenvalue weighted by Crippen LogP contribution is -2.25. The molecule has 2 N–H and O–H groups in total. The number of hydrogen-bond donors (Lipinski definition) is 2. The van der Waals surface area contributed by atoms with Gasteiger partial charge in [0.2, 0.25) is 11.8 Å². The van der Waals surface area contributed by atoms with E-state index in [4.69, 9.17) is 4.84 Å². The zero-order valence-corrected chi connectivity index (χ0v) is 13.5. The summed E-state index contributed by atoms with van der Waals surface area (Å²) < 4.78 is 2.31. The number of pyridine rings is 1. The van der Waals surface area contributed by atoms with Gasteiger partial charge in [0, 0.05) is 23.2 Å². The normalized spacial score (nSPS) is 11.1. The van der Waals surface area contributed by atoms with Crippen LogP contribution in [-0.4, -0.2) is 25.5 Å². The van der Waals surface area contributed by atoms with E-state index in [0.717, 1.165) is 10.9 Å². The summed E-state index contributed by atoms with van der Waals surface area (Å²) in [5.41, 5.74) is 1.69. The Hall–Kier alpha value is -3.74. The fourth-order valence-corrected chi connectivity index (χ4v) is 2.98. The monoisotopic (exact) mass is 350 g/mol. The molecule has 0 atom stereocenters. The zero-order chi connectivity index (χ0) is 18.3. The van der Waals surface area contributed by atoms with E-state index in [1.54, 1.807) is 22.8 Å². The average molecular weight is 350 g/mol. The van der Waals surface area contributed by atoms with E-state index in [1.165, 1.54) is 18.2 Å². The third-order valence-electron chi connectivity index (χ3n) is 4.14. The molecule has 130 valence electrons. The lowest BCUT2D eigenvalue weighted by molar-refractivity contribution is -0.146. The van der Waals surface area contributed by atoms with Gasteiger partial charge in [0.1, 0.15) is 6.54 Å². The first kappa shape index (κ1) is 15.8. The van der Waals surface area contributed by atoms with E-state index in [9.17, 15) is 19.8 Å². The molecule has 1 aromatic carbocycles. The highest BCUT2D eigenvalue weighted by Gasteiger charge is 2.18. The van der Waals surface area contributed by atoms with Crippen molar-refractivity contribution in [2.45, 2.75) is 6.54 Å². The van der Waals surface area contributed by atoms with Crippen LogP contribution in [0.3, 0.4) is 0 Å². The molecule has 0 fully saturated rings. The van der Waals surface area contributed by atoms with Crippen molar-refractivity contribution in [3.63, 3.8) is 0 Å². The second kappa shape index (κ2) is 5.96. The molecule has 0 unspecified atom stereocenters. The molecule has 0 spiro atoms. The molecule has 2 aromatic rings. The van der Waals surface area contributed by atoms with E-state index in [0.29, 0.717) is 16.0 Å². The maximum atomic E-state index is 12.4. The number of fused-ring (bicyclic) bond motifs is 2. The first-order chi connectivity index (χ1) is 12.5. The molecule has 0 amide bonds. The summed E-state index contributed by atoms with van der Waals surface area (Å²) in [5.74, 6) is -1.51. The molecule has 1 aliphatic carbocycles. The fraction of sp³-hybridized carbons (Fsp3) is 0.0526. The Balaban J connectivity index is 1.80. The summed E-state index contributed by atoms with van der Waals surface area (Å²) in [4.78, 5) is 29.6. The Bertz CT molecular complexity index is 1140. The van der Waals surface area contributed by atoms with Crippen LogP contribution in [0.2, 0.25) is 0 Å². The molecule has 0 saturated heterocycles. The van der Waals surface area contributed by atoms with Gasteiger partial charge in [-0.1, -0.05) is 24.3 Å². The van der Waals surface area contributed by atoms with Crippen LogP contribution in [0.5, 0.6) is 11.8 Å². The zero-order valence-electron chi connectivity index (χ0n) is 13.5. The molecule has 26 heavy (non-hydrogen) atoms. The largest absolute Gasteiger partial charge is 0.492 e. The van der Waals surface area contributed by atoms with Gasteiger partial charge in [-0.2, -0.15) is 0 Å². The van der Waals surface area contributed by atoms with Crippen molar-refractivity contribution in [1.82, 2.24) is 9.30 Å². The summed E-state index contributed by atoms with van der Waals surface area (Å²) >= 11 is 0. The van der Waals surface area contributed by atoms with Crippen molar-refractivity contribution in [2.75, 3.05) is 0 Å². The molecule has 0 radical (unpaired) electrons. The van der Waals surface area contributed by atoms with Gasteiger partial charge in [-0.25, -0.2) is 4.79 Å². The van der Waals surface area contributed by atoms with Gasteiger partial charge in [0.15, 0.2) is 5.43 Å². The Labute approximate surface area is 147 Å². The Kier molecular flexibility index (Phi) is 3.62. The van der Waals surface area contributed by atoms with Crippen molar-refractivity contribution in [3.05, 3.63) is 70.9 Å². The average Bonchev–Trinajstić information content (AvgIpc) is 2.94. The molecule has 2 aliphatic rings. The SMILES string of the molecule is O=C(Cn1c2cccc(=O)c-2cc2ccccc21)On1c(O)ccc1O. The van der Waals surface area contributed by atoms with Crippen LogP contribution >= 0.6 is 0 Å². The molecule has 0 bridgehead atoms. The summed E-state index contributed by atoms with van der Waals surface area (Å²) in [6, 6.07) is 16.4. The standard InChI is InChI=1S/C19H14N2O5/c22-16-7-3-6-15-13(16)10-12-4-1-2-5-14(12)20(15)11-19(25)26-21-17(23)8-9-18(21)24/h1-10,23-24H,11H2. The van der Waals surface area contributed by atoms with Gasteiger partial charge in [-0.15, -0.1) is 4.73 Å². The highest BCUT2D eigenvalue weighted by atomic mass is 16.7. The van der Waals surface area contributed by atoms with Crippen molar-refractivity contribution >= 4 is 16.9 Å². The summed E-state index contributed by atoms with van der Waals surface area (Å²) in [7, 11) is 0. The molecule has 7 nitrogen and oxygen atoms in total. The van der Waals surface area contributed by atoms with Crippen LogP contribution in [0.1, 0.15) is 0 Å². The maximum absolute atomic E-state index is 12.4. The summed E-state index contributed by atoms with van der Waals surface area (Å²) in [6.07, 6.45) is 0. The second-order valence-electron chi connectivity index (χ2n) is 5.79. The van der Waals surface area contributed by atoms with Gasteiger partial charge < -0.3 is 19.6 Å². The van der Waals surface area contributed by atoms with Gasteiger partial charge in [-0.3, -0.25) is 4.79 Å². The predicted molar refractivity (Wildman–Crippen MR) is 94.2 cm³/mol. The highest BCUT2D eigenvalue weighted by Crippen LogP contribution is 2.26. The van der Waals surface area contributed by atoms with Gasteiger partial charge >= 0.3 is 5.97 Å². The van der Waals surface area contributed by atoms with E-state index in [2.05, 4.69) is 0 Å². The molecule has 1 aromatic heterocycles. The van der Waals surface area contributed by atoms with Gasteiger partial charge in [0.05, 0.1) is 5.69 Å². The first-order valence-corrected chi connectivity index (χ1v) is 7.87. The third-order valence-corrected chi connectivity index (χ3v) is 4.14. The van der Waals surface area contributed by atoms with Crippen LogP contribution in [0, 0.1) is 0 Å². The second-order valence-corrected chi connectivity index (χ2v) is 5.79. The number of aromatic hydroxyl groups is 2. The van der Waals surface area contributed by atoms with E-state index < -0.39 is 17.7 Å². The Morgan fingerprint density at radius 1 is 0.962 bits per heavy atom. The number of nitrogens with zero attached hydrogens (tertiary/aromatic N) is 2. The molecule has 4 rings (SSSR count). The van der Waals surface area contributed by atoms with Crippen LogP contribution in [0.25, 0.3) is 22.2 Å². The number of rotatable bonds is 3. The van der Waals surface area contributed by atoms with E-state index in [-0.39, 0.29) is 12.0 Å². The maximum Gasteiger partial charge on any atom is 0.352 e. The summed E-state index contributed by atoms with van der Waals surface area (Å²) in [6.45, 7) is -0.210. The van der Waals surface area contributed by atoms with Crippen LogP contribution in [-0.2, 0) is 11.3 Å². The van der Waals surface area contributed by atoms with E-state index >= 15 is 0 Å². The van der Waals surface area contributed by atoms with Crippen molar-refractivity contribution in [3.8, 4) is 23.0 Å². The number of carbonyl (C=O) groups excluding carboxylic acids is 1. The Morgan fingerprint density at radius 3 is 2.46 bits per heavy atom. The smallest absolute Gasteiger partial charge is 0.352 e. The summed E-state index contributed by atoms with van der Waals surface area (Å²) in [5, 5.41) is 20.0. The Morgan fingerprint density at radius 2 is 1.69 bits per heavy atom. The fourth-order valence-electron chi connectivity index (χ4n) is 2.98. The topological polar surface area (TPSA) is 93.7 Å². The van der Waals surface area contributed by atoms with Crippen LogP contribution in [0.15, 0.2) is 65.5 Å².